The fourth-order valence-corrected chi connectivity index (χ4v) is 3.11. The average Bonchev–Trinajstić information content (AvgIpc) is 2.19. The summed E-state index contributed by atoms with van der Waals surface area (Å²) in [6.45, 7) is 8.62. The van der Waals surface area contributed by atoms with Crippen LogP contribution in [0.5, 0.6) is 0 Å². The zero-order valence-corrected chi connectivity index (χ0v) is 11.5. The molecule has 0 unspecified atom stereocenters. The summed E-state index contributed by atoms with van der Waals surface area (Å²) in [6.07, 6.45) is 7.15. The van der Waals surface area contributed by atoms with E-state index in [9.17, 15) is 4.79 Å². The fraction of sp³-hybridized carbons (Fsp3) is 0.800. The first kappa shape index (κ1) is 12.8. The largest absolute Gasteiger partial charge is 0.372 e. The van der Waals surface area contributed by atoms with Gasteiger partial charge in [0.1, 0.15) is 0 Å². The van der Waals surface area contributed by atoms with E-state index in [1.807, 2.05) is 6.08 Å². The van der Waals surface area contributed by atoms with Gasteiger partial charge in [-0.25, -0.2) is 0 Å². The van der Waals surface area contributed by atoms with Crippen LogP contribution in [0.1, 0.15) is 59.8 Å². The minimum atomic E-state index is -0.0996. The number of hydrogen-bond donors (Lipinski definition) is 0. The van der Waals surface area contributed by atoms with Crippen LogP contribution in [0.2, 0.25) is 0 Å². The molecule has 0 bridgehead atoms. The number of fused-ring (bicyclic) bond motifs is 1. The van der Waals surface area contributed by atoms with Crippen LogP contribution in [0.25, 0.3) is 0 Å². The van der Waals surface area contributed by atoms with Gasteiger partial charge in [0.25, 0.3) is 0 Å². The van der Waals surface area contributed by atoms with Crippen LogP contribution in [-0.4, -0.2) is 17.5 Å². The third-order valence-corrected chi connectivity index (χ3v) is 4.08. The zero-order valence-electron chi connectivity index (χ0n) is 11.5. The van der Waals surface area contributed by atoms with Crippen LogP contribution < -0.4 is 0 Å². The summed E-state index contributed by atoms with van der Waals surface area (Å²) in [6, 6.07) is 0. The lowest BCUT2D eigenvalue weighted by atomic mass is 9.64. The summed E-state index contributed by atoms with van der Waals surface area (Å²) in [5.41, 5.74) is 1.33. The molecular formula is C15H24O2. The Labute approximate surface area is 104 Å². The summed E-state index contributed by atoms with van der Waals surface area (Å²) >= 11 is 0. The summed E-state index contributed by atoms with van der Waals surface area (Å²) in [7, 11) is 0. The van der Waals surface area contributed by atoms with Gasteiger partial charge in [0.05, 0.1) is 11.7 Å². The van der Waals surface area contributed by atoms with Gasteiger partial charge in [-0.1, -0.05) is 12.5 Å². The van der Waals surface area contributed by atoms with Gasteiger partial charge in [-0.2, -0.15) is 0 Å². The summed E-state index contributed by atoms with van der Waals surface area (Å²) in [5.74, 6) is 0.300. The van der Waals surface area contributed by atoms with Gasteiger partial charge in [-0.05, 0) is 52.5 Å². The molecule has 2 aliphatic rings. The minimum absolute atomic E-state index is 0.0967. The van der Waals surface area contributed by atoms with Crippen LogP contribution in [-0.2, 0) is 9.53 Å². The second-order valence-corrected chi connectivity index (χ2v) is 6.66. The second-order valence-electron chi connectivity index (χ2n) is 6.66. The molecule has 0 aliphatic heterocycles. The summed E-state index contributed by atoms with van der Waals surface area (Å²) in [5, 5.41) is 0. The number of ether oxygens (including phenoxy) is 1. The number of ketones is 1. The molecule has 2 nitrogen and oxygen atoms in total. The zero-order chi connectivity index (χ0) is 12.7. The van der Waals surface area contributed by atoms with Crippen molar-refractivity contribution in [1.29, 1.82) is 0 Å². The predicted molar refractivity (Wildman–Crippen MR) is 68.9 cm³/mol. The third-order valence-electron chi connectivity index (χ3n) is 4.08. The Morgan fingerprint density at radius 2 is 2.06 bits per heavy atom. The van der Waals surface area contributed by atoms with Crippen molar-refractivity contribution >= 4 is 5.78 Å². The van der Waals surface area contributed by atoms with E-state index in [2.05, 4.69) is 27.7 Å². The van der Waals surface area contributed by atoms with E-state index >= 15 is 0 Å². The highest BCUT2D eigenvalue weighted by Crippen LogP contribution is 2.48. The summed E-state index contributed by atoms with van der Waals surface area (Å²) in [4.78, 5) is 11.5. The molecule has 2 atom stereocenters. The molecule has 0 heterocycles. The molecular weight excluding hydrogens is 212 g/mol. The normalized spacial score (nSPS) is 34.2. The van der Waals surface area contributed by atoms with Crippen molar-refractivity contribution in [3.8, 4) is 0 Å². The Morgan fingerprint density at radius 1 is 1.35 bits per heavy atom. The van der Waals surface area contributed by atoms with Crippen LogP contribution in [0.15, 0.2) is 11.6 Å². The van der Waals surface area contributed by atoms with Crippen molar-refractivity contribution in [2.45, 2.75) is 71.5 Å². The first-order valence-electron chi connectivity index (χ1n) is 6.73. The lowest BCUT2D eigenvalue weighted by Crippen LogP contribution is -2.45. The molecule has 0 aromatic rings. The maximum Gasteiger partial charge on any atom is 0.155 e. The maximum absolute atomic E-state index is 11.5. The first-order chi connectivity index (χ1) is 7.81. The van der Waals surface area contributed by atoms with E-state index in [4.69, 9.17) is 4.74 Å². The van der Waals surface area contributed by atoms with Crippen LogP contribution in [0.4, 0.5) is 0 Å². The molecule has 0 amide bonds. The quantitative estimate of drug-likeness (QED) is 0.694. The van der Waals surface area contributed by atoms with Gasteiger partial charge in [0, 0.05) is 11.8 Å². The highest BCUT2D eigenvalue weighted by atomic mass is 16.5. The molecule has 0 radical (unpaired) electrons. The molecule has 96 valence electrons. The number of hydrogen-bond acceptors (Lipinski definition) is 2. The lowest BCUT2D eigenvalue weighted by Gasteiger charge is -2.47. The first-order valence-corrected chi connectivity index (χ1v) is 6.73. The Hall–Kier alpha value is -0.630. The van der Waals surface area contributed by atoms with E-state index < -0.39 is 0 Å². The van der Waals surface area contributed by atoms with Crippen LogP contribution >= 0.6 is 0 Å². The molecule has 0 aromatic carbocycles. The Morgan fingerprint density at radius 3 is 2.71 bits per heavy atom. The topological polar surface area (TPSA) is 26.3 Å². The van der Waals surface area contributed by atoms with Gasteiger partial charge in [-0.15, -0.1) is 0 Å². The Balaban J connectivity index is 2.24. The molecule has 0 N–H and O–H groups in total. The van der Waals surface area contributed by atoms with Crippen molar-refractivity contribution < 1.29 is 9.53 Å². The third kappa shape index (κ3) is 2.62. The van der Waals surface area contributed by atoms with E-state index in [1.54, 1.807) is 0 Å². The monoisotopic (exact) mass is 236 g/mol. The van der Waals surface area contributed by atoms with E-state index in [0.29, 0.717) is 12.2 Å². The minimum Gasteiger partial charge on any atom is -0.372 e. The van der Waals surface area contributed by atoms with Crippen molar-refractivity contribution in [3.63, 3.8) is 0 Å². The maximum atomic E-state index is 11.5. The molecule has 2 heteroatoms. The highest BCUT2D eigenvalue weighted by molar-refractivity contribution is 5.91. The van der Waals surface area contributed by atoms with Gasteiger partial charge in [0.15, 0.2) is 5.78 Å². The number of carbonyl (C=O) groups excluding carboxylic acids is 1. The van der Waals surface area contributed by atoms with E-state index in [0.717, 1.165) is 25.7 Å². The van der Waals surface area contributed by atoms with Gasteiger partial charge in [-0.3, -0.25) is 4.79 Å². The smallest absolute Gasteiger partial charge is 0.155 e. The summed E-state index contributed by atoms with van der Waals surface area (Å²) < 4.78 is 6.23. The van der Waals surface area contributed by atoms with Gasteiger partial charge < -0.3 is 4.74 Å². The van der Waals surface area contributed by atoms with Crippen molar-refractivity contribution in [1.82, 2.24) is 0 Å². The number of rotatable bonds is 1. The van der Waals surface area contributed by atoms with Crippen molar-refractivity contribution in [2.75, 3.05) is 0 Å². The van der Waals surface area contributed by atoms with E-state index in [1.165, 1.54) is 5.57 Å². The van der Waals surface area contributed by atoms with Crippen LogP contribution in [0.3, 0.4) is 0 Å². The van der Waals surface area contributed by atoms with Gasteiger partial charge in [0.2, 0.25) is 0 Å². The fourth-order valence-electron chi connectivity index (χ4n) is 3.11. The molecule has 0 aromatic heterocycles. The predicted octanol–water partition coefficient (Wildman–Crippen LogP) is 3.65. The molecule has 0 saturated heterocycles. The highest BCUT2D eigenvalue weighted by Gasteiger charge is 2.44. The van der Waals surface area contributed by atoms with Gasteiger partial charge >= 0.3 is 0 Å². The standard InChI is InChI=1S/C15H24O2/c1-14(2,3)17-13-7-5-6-11-10-12(16)8-9-15(11,13)4/h10,13H,5-9H2,1-4H3/t13-,15-/m1/s1. The number of carbonyl (C=O) groups is 1. The molecule has 17 heavy (non-hydrogen) atoms. The second kappa shape index (κ2) is 4.24. The molecule has 1 fully saturated rings. The van der Waals surface area contributed by atoms with E-state index in [-0.39, 0.29) is 17.1 Å². The molecule has 2 aliphatic carbocycles. The molecule has 2 rings (SSSR count). The lowest BCUT2D eigenvalue weighted by molar-refractivity contribution is -0.126. The SMILES string of the molecule is CC(C)(C)O[C@@H]1CCCC2=CC(=O)CC[C@]21C. The van der Waals surface area contributed by atoms with Crippen molar-refractivity contribution in [2.24, 2.45) is 5.41 Å². The Bertz CT molecular complexity index is 348. The van der Waals surface area contributed by atoms with Crippen molar-refractivity contribution in [3.05, 3.63) is 11.6 Å². The molecule has 1 saturated carbocycles. The Kier molecular flexibility index (Phi) is 3.19. The average molecular weight is 236 g/mol. The van der Waals surface area contributed by atoms with Crippen LogP contribution in [0, 0.1) is 5.41 Å². The molecule has 0 spiro atoms. The number of allylic oxidation sites excluding steroid dienone is 1.